The highest BCUT2D eigenvalue weighted by atomic mass is 32.2. The minimum Gasteiger partial charge on any atom is -0.336 e. The monoisotopic (exact) mass is 404 g/mol. The van der Waals surface area contributed by atoms with Gasteiger partial charge in [-0.3, -0.25) is 4.79 Å². The molecule has 0 aromatic carbocycles. The molecule has 7 nitrogen and oxygen atoms in total. The number of nitrogens with one attached hydrogen (secondary N) is 1. The van der Waals surface area contributed by atoms with E-state index in [1.54, 1.807) is 16.0 Å². The van der Waals surface area contributed by atoms with E-state index in [0.29, 0.717) is 28.6 Å². The van der Waals surface area contributed by atoms with Crippen LogP contribution >= 0.6 is 23.1 Å². The number of fused-ring (bicyclic) bond motifs is 1. The van der Waals surface area contributed by atoms with E-state index in [1.165, 1.54) is 16.6 Å². The number of nitrogens with two attached hydrogens (primary N) is 1. The van der Waals surface area contributed by atoms with E-state index >= 15 is 0 Å². The molecule has 1 aliphatic rings. The summed E-state index contributed by atoms with van der Waals surface area (Å²) in [6, 6.07) is 0. The third-order valence-electron chi connectivity index (χ3n) is 5.13. The molecule has 0 radical (unpaired) electrons. The van der Waals surface area contributed by atoms with E-state index in [1.807, 2.05) is 0 Å². The molecule has 1 atom stereocenters. The van der Waals surface area contributed by atoms with Crippen molar-refractivity contribution in [2.75, 3.05) is 5.84 Å². The number of nitrogens with zero attached hydrogens (tertiary/aromatic N) is 4. The standard InChI is InChI=1S/C18H24N6OS2/c1-4-9(2)7-12-10(3)27-17-14(12)16(25)20-13(21-17)8-26-18-23-22-15(24(18)19)11-5-6-11/h9,11H,4-8,19H2,1-3H3,(H,20,21,25)/t9-/m0/s1. The number of rotatable bonds is 7. The number of aromatic nitrogens is 5. The van der Waals surface area contributed by atoms with Crippen molar-refractivity contribution < 1.29 is 0 Å². The zero-order valence-corrected chi connectivity index (χ0v) is 17.4. The van der Waals surface area contributed by atoms with E-state index in [0.717, 1.165) is 47.3 Å². The first-order valence-electron chi connectivity index (χ1n) is 9.32. The Morgan fingerprint density at radius 1 is 1.41 bits per heavy atom. The van der Waals surface area contributed by atoms with Crippen molar-refractivity contribution in [3.63, 3.8) is 0 Å². The number of thiophene rings is 1. The minimum absolute atomic E-state index is 0.0499. The Bertz CT molecular complexity index is 1030. The maximum atomic E-state index is 12.7. The molecule has 9 heteroatoms. The van der Waals surface area contributed by atoms with E-state index < -0.39 is 0 Å². The van der Waals surface area contributed by atoms with Gasteiger partial charge in [0, 0.05) is 10.8 Å². The molecule has 3 aromatic rings. The minimum atomic E-state index is -0.0499. The largest absolute Gasteiger partial charge is 0.336 e. The van der Waals surface area contributed by atoms with Gasteiger partial charge in [0.1, 0.15) is 10.7 Å². The first-order chi connectivity index (χ1) is 13.0. The Hall–Kier alpha value is -1.87. The first-order valence-corrected chi connectivity index (χ1v) is 11.1. The smallest absolute Gasteiger partial charge is 0.259 e. The number of nitrogen functional groups attached to an aromatic ring is 1. The van der Waals surface area contributed by atoms with Crippen LogP contribution < -0.4 is 11.4 Å². The van der Waals surface area contributed by atoms with Crippen LogP contribution in [-0.4, -0.2) is 24.8 Å². The van der Waals surface area contributed by atoms with Crippen molar-refractivity contribution in [2.24, 2.45) is 5.92 Å². The van der Waals surface area contributed by atoms with Crippen molar-refractivity contribution in [2.45, 2.75) is 63.3 Å². The molecule has 0 unspecified atom stereocenters. The Kier molecular flexibility index (Phi) is 4.98. The van der Waals surface area contributed by atoms with Crippen LogP contribution in [0.4, 0.5) is 0 Å². The number of aryl methyl sites for hydroxylation is 1. The van der Waals surface area contributed by atoms with Gasteiger partial charge in [-0.15, -0.1) is 21.5 Å². The second-order valence-electron chi connectivity index (χ2n) is 7.32. The molecule has 27 heavy (non-hydrogen) atoms. The van der Waals surface area contributed by atoms with Gasteiger partial charge in [0.2, 0.25) is 5.16 Å². The number of thioether (sulfide) groups is 1. The molecule has 0 aliphatic heterocycles. The molecule has 3 N–H and O–H groups in total. The normalized spacial score (nSPS) is 15.5. The van der Waals surface area contributed by atoms with Crippen LogP contribution in [0.5, 0.6) is 0 Å². The molecule has 1 saturated carbocycles. The molecule has 0 amide bonds. The molecule has 1 fully saturated rings. The van der Waals surface area contributed by atoms with Gasteiger partial charge in [0.25, 0.3) is 5.56 Å². The third-order valence-corrected chi connectivity index (χ3v) is 7.13. The maximum absolute atomic E-state index is 12.7. The molecular weight excluding hydrogens is 380 g/mol. The van der Waals surface area contributed by atoms with Crippen molar-refractivity contribution in [3.8, 4) is 0 Å². The zero-order valence-electron chi connectivity index (χ0n) is 15.8. The second kappa shape index (κ2) is 7.27. The SMILES string of the molecule is CC[C@H](C)Cc1c(C)sc2nc(CSc3nnc(C4CC4)n3N)[nH]c(=O)c12. The van der Waals surface area contributed by atoms with Gasteiger partial charge in [-0.1, -0.05) is 32.0 Å². The molecular formula is C18H24N6OS2. The van der Waals surface area contributed by atoms with E-state index in [4.69, 9.17) is 10.8 Å². The van der Waals surface area contributed by atoms with Gasteiger partial charge in [0.05, 0.1) is 11.1 Å². The van der Waals surface area contributed by atoms with Gasteiger partial charge in [-0.2, -0.15) is 0 Å². The van der Waals surface area contributed by atoms with Gasteiger partial charge < -0.3 is 10.8 Å². The molecule has 144 valence electrons. The van der Waals surface area contributed by atoms with Crippen molar-refractivity contribution in [3.05, 3.63) is 32.4 Å². The number of hydrogen-bond acceptors (Lipinski definition) is 7. The average Bonchev–Trinajstić information content (AvgIpc) is 3.34. The summed E-state index contributed by atoms with van der Waals surface area (Å²) >= 11 is 3.05. The predicted octanol–water partition coefficient (Wildman–Crippen LogP) is 3.36. The molecule has 0 saturated heterocycles. The van der Waals surface area contributed by atoms with Gasteiger partial charge in [0.15, 0.2) is 5.82 Å². The Labute approximate surface area is 165 Å². The summed E-state index contributed by atoms with van der Waals surface area (Å²) in [4.78, 5) is 22.4. The summed E-state index contributed by atoms with van der Waals surface area (Å²) in [5.74, 6) is 9.08. The quantitative estimate of drug-likeness (QED) is 0.462. The summed E-state index contributed by atoms with van der Waals surface area (Å²) in [6.45, 7) is 6.47. The van der Waals surface area contributed by atoms with Crippen molar-refractivity contribution in [1.82, 2.24) is 24.8 Å². The summed E-state index contributed by atoms with van der Waals surface area (Å²) in [5, 5.41) is 9.76. The molecule has 3 aromatic heterocycles. The average molecular weight is 405 g/mol. The Balaban J connectivity index is 1.57. The van der Waals surface area contributed by atoms with E-state index in [-0.39, 0.29) is 5.56 Å². The van der Waals surface area contributed by atoms with Gasteiger partial charge in [-0.05, 0) is 37.7 Å². The summed E-state index contributed by atoms with van der Waals surface area (Å²) in [5.41, 5.74) is 1.10. The van der Waals surface area contributed by atoms with Crippen LogP contribution in [0.15, 0.2) is 9.95 Å². The number of hydrogen-bond donors (Lipinski definition) is 2. The Morgan fingerprint density at radius 2 is 2.19 bits per heavy atom. The van der Waals surface area contributed by atoms with Crippen LogP contribution in [0.3, 0.4) is 0 Å². The fraction of sp³-hybridized carbons (Fsp3) is 0.556. The lowest BCUT2D eigenvalue weighted by Gasteiger charge is -2.08. The predicted molar refractivity (Wildman–Crippen MR) is 110 cm³/mol. The van der Waals surface area contributed by atoms with Crippen molar-refractivity contribution >= 4 is 33.3 Å². The molecule has 1 aliphatic carbocycles. The van der Waals surface area contributed by atoms with Gasteiger partial charge in [-0.25, -0.2) is 9.66 Å². The highest BCUT2D eigenvalue weighted by Gasteiger charge is 2.30. The highest BCUT2D eigenvalue weighted by molar-refractivity contribution is 7.98. The molecule has 0 spiro atoms. The fourth-order valence-corrected chi connectivity index (χ4v) is 4.97. The lowest BCUT2D eigenvalue weighted by Crippen LogP contribution is -2.14. The van der Waals surface area contributed by atoms with Crippen molar-refractivity contribution in [1.29, 1.82) is 0 Å². The topological polar surface area (TPSA) is 102 Å². The van der Waals surface area contributed by atoms with E-state index in [2.05, 4.69) is 36.0 Å². The number of H-pyrrole nitrogens is 1. The maximum Gasteiger partial charge on any atom is 0.259 e. The third kappa shape index (κ3) is 3.62. The van der Waals surface area contributed by atoms with Crippen LogP contribution in [0.25, 0.3) is 10.2 Å². The summed E-state index contributed by atoms with van der Waals surface area (Å²) in [7, 11) is 0. The first kappa shape index (κ1) is 18.5. The lowest BCUT2D eigenvalue weighted by molar-refractivity contribution is 0.561. The number of aromatic amines is 1. The van der Waals surface area contributed by atoms with Crippen LogP contribution in [0.2, 0.25) is 0 Å². The molecule has 3 heterocycles. The summed E-state index contributed by atoms with van der Waals surface area (Å²) < 4.78 is 1.57. The van der Waals surface area contributed by atoms with Crippen LogP contribution in [-0.2, 0) is 12.2 Å². The van der Waals surface area contributed by atoms with Gasteiger partial charge >= 0.3 is 0 Å². The molecule has 4 rings (SSSR count). The zero-order chi connectivity index (χ0) is 19.1. The second-order valence-corrected chi connectivity index (χ2v) is 9.47. The Morgan fingerprint density at radius 3 is 2.89 bits per heavy atom. The highest BCUT2D eigenvalue weighted by Crippen LogP contribution is 2.39. The van der Waals surface area contributed by atoms with Crippen LogP contribution in [0.1, 0.15) is 61.1 Å². The lowest BCUT2D eigenvalue weighted by atomic mass is 9.98. The molecule has 0 bridgehead atoms. The summed E-state index contributed by atoms with van der Waals surface area (Å²) in [6.07, 6.45) is 4.27. The van der Waals surface area contributed by atoms with Crippen LogP contribution in [0, 0.1) is 12.8 Å². The van der Waals surface area contributed by atoms with E-state index in [9.17, 15) is 4.79 Å². The fourth-order valence-electron chi connectivity index (χ4n) is 3.17.